The minimum absolute atomic E-state index is 0.0500. The summed E-state index contributed by atoms with van der Waals surface area (Å²) in [5.41, 5.74) is -0.470. The zero-order valence-corrected chi connectivity index (χ0v) is 19.0. The van der Waals surface area contributed by atoms with Crippen molar-refractivity contribution in [1.29, 1.82) is 0 Å². The first-order chi connectivity index (χ1) is 13.9. The van der Waals surface area contributed by atoms with Gasteiger partial charge in [-0.1, -0.05) is 0 Å². The van der Waals surface area contributed by atoms with Crippen molar-refractivity contribution in [3.8, 4) is 5.75 Å². The van der Waals surface area contributed by atoms with E-state index >= 15 is 0 Å². The van der Waals surface area contributed by atoms with Crippen LogP contribution in [-0.2, 0) is 14.0 Å². The molecule has 3 aliphatic rings. The van der Waals surface area contributed by atoms with Crippen molar-refractivity contribution in [3.05, 3.63) is 12.3 Å². The Morgan fingerprint density at radius 2 is 1.87 bits per heavy atom. The smallest absolute Gasteiger partial charge is 0.488 e. The van der Waals surface area contributed by atoms with E-state index in [9.17, 15) is 4.79 Å². The fraction of sp³-hybridized carbons (Fsp3) is 0.714. The van der Waals surface area contributed by atoms with Gasteiger partial charge in [0, 0.05) is 31.3 Å². The number of rotatable bonds is 1. The van der Waals surface area contributed by atoms with Crippen LogP contribution in [0.25, 0.3) is 0 Å². The molecular formula is C21H32BN3O5. The second-order valence-corrected chi connectivity index (χ2v) is 10.3. The lowest BCUT2D eigenvalue weighted by Gasteiger charge is -2.44. The Bertz CT molecular complexity index is 822. The van der Waals surface area contributed by atoms with Gasteiger partial charge < -0.3 is 28.6 Å². The summed E-state index contributed by atoms with van der Waals surface area (Å²) in [4.78, 5) is 21.1. The summed E-state index contributed by atoms with van der Waals surface area (Å²) < 4.78 is 23.8. The fourth-order valence-corrected chi connectivity index (χ4v) is 3.84. The van der Waals surface area contributed by atoms with E-state index in [0.29, 0.717) is 26.2 Å². The molecule has 3 aliphatic heterocycles. The van der Waals surface area contributed by atoms with E-state index in [0.717, 1.165) is 17.0 Å². The van der Waals surface area contributed by atoms with Gasteiger partial charge in [0.1, 0.15) is 12.2 Å². The Labute approximate surface area is 179 Å². The molecule has 1 aromatic heterocycles. The summed E-state index contributed by atoms with van der Waals surface area (Å²) in [6.07, 6.45) is 1.52. The maximum absolute atomic E-state index is 12.4. The number of piperazine rings is 1. The van der Waals surface area contributed by atoms with E-state index in [4.69, 9.17) is 18.8 Å². The van der Waals surface area contributed by atoms with Gasteiger partial charge in [0.15, 0.2) is 11.6 Å². The standard InChI is InChI=1S/C21H32BN3O5/c1-19(2,3)28-18(26)24-8-9-25-15(12-24)13-27-16-10-14(11-23-17(16)25)22-29-20(4,5)21(6,7)30-22/h10-11,15H,8-9,12-13H2,1-7H3. The molecule has 2 saturated heterocycles. The van der Waals surface area contributed by atoms with Crippen LogP contribution in [0.3, 0.4) is 0 Å². The van der Waals surface area contributed by atoms with Crippen LogP contribution < -0.4 is 15.1 Å². The number of carbonyl (C=O) groups excluding carboxylic acids is 1. The van der Waals surface area contributed by atoms with Gasteiger partial charge in [-0.15, -0.1) is 0 Å². The number of anilines is 1. The molecule has 164 valence electrons. The van der Waals surface area contributed by atoms with Crippen molar-refractivity contribution in [2.45, 2.75) is 71.3 Å². The minimum atomic E-state index is -0.505. The maximum atomic E-state index is 12.4. The highest BCUT2D eigenvalue weighted by molar-refractivity contribution is 6.62. The van der Waals surface area contributed by atoms with Gasteiger partial charge in [-0.25, -0.2) is 9.78 Å². The molecule has 30 heavy (non-hydrogen) atoms. The molecule has 1 unspecified atom stereocenters. The summed E-state index contributed by atoms with van der Waals surface area (Å²) in [6.45, 7) is 16.1. The molecule has 1 atom stereocenters. The Morgan fingerprint density at radius 3 is 2.50 bits per heavy atom. The van der Waals surface area contributed by atoms with Crippen LogP contribution in [0.15, 0.2) is 12.3 Å². The first kappa shape index (κ1) is 21.2. The van der Waals surface area contributed by atoms with Crippen LogP contribution in [0.1, 0.15) is 48.5 Å². The van der Waals surface area contributed by atoms with Gasteiger partial charge in [-0.2, -0.15) is 0 Å². The van der Waals surface area contributed by atoms with E-state index in [1.54, 1.807) is 11.1 Å². The Morgan fingerprint density at radius 1 is 1.20 bits per heavy atom. The third kappa shape index (κ3) is 3.85. The molecule has 2 fully saturated rings. The predicted octanol–water partition coefficient (Wildman–Crippen LogP) is 2.20. The molecule has 0 saturated carbocycles. The zero-order valence-electron chi connectivity index (χ0n) is 19.0. The number of aromatic nitrogens is 1. The largest absolute Gasteiger partial charge is 0.496 e. The highest BCUT2D eigenvalue weighted by atomic mass is 16.7. The van der Waals surface area contributed by atoms with Crippen molar-refractivity contribution in [3.63, 3.8) is 0 Å². The van der Waals surface area contributed by atoms with E-state index in [1.165, 1.54) is 0 Å². The molecule has 1 amide bonds. The quantitative estimate of drug-likeness (QED) is 0.649. The normalized spacial score (nSPS) is 24.8. The lowest BCUT2D eigenvalue weighted by Crippen LogP contribution is -2.59. The first-order valence-electron chi connectivity index (χ1n) is 10.6. The summed E-state index contributed by atoms with van der Waals surface area (Å²) in [5, 5.41) is 0. The van der Waals surface area contributed by atoms with Crippen LogP contribution in [0.4, 0.5) is 10.6 Å². The summed E-state index contributed by atoms with van der Waals surface area (Å²) in [6, 6.07) is 2.01. The maximum Gasteiger partial charge on any atom is 0.496 e. The number of nitrogens with zero attached hydrogens (tertiary/aromatic N) is 3. The van der Waals surface area contributed by atoms with Gasteiger partial charge in [-0.3, -0.25) is 0 Å². The lowest BCUT2D eigenvalue weighted by atomic mass is 9.80. The molecule has 0 bridgehead atoms. The highest BCUT2D eigenvalue weighted by Gasteiger charge is 2.52. The molecule has 4 rings (SSSR count). The van der Waals surface area contributed by atoms with Gasteiger partial charge in [0.05, 0.1) is 17.2 Å². The number of pyridine rings is 1. The average molecular weight is 417 g/mol. The molecular weight excluding hydrogens is 385 g/mol. The molecule has 9 heteroatoms. The number of ether oxygens (including phenoxy) is 2. The van der Waals surface area contributed by atoms with E-state index < -0.39 is 23.9 Å². The van der Waals surface area contributed by atoms with Gasteiger partial charge in [-0.05, 0) is 54.5 Å². The van der Waals surface area contributed by atoms with Crippen LogP contribution in [0, 0.1) is 0 Å². The second kappa shape index (κ2) is 7.02. The van der Waals surface area contributed by atoms with Gasteiger partial charge in [0.25, 0.3) is 0 Å². The van der Waals surface area contributed by atoms with Gasteiger partial charge in [0.2, 0.25) is 0 Å². The second-order valence-electron chi connectivity index (χ2n) is 10.3. The van der Waals surface area contributed by atoms with E-state index in [2.05, 4.69) is 9.88 Å². The third-order valence-electron chi connectivity index (χ3n) is 6.22. The highest BCUT2D eigenvalue weighted by Crippen LogP contribution is 2.38. The number of amides is 1. The van der Waals surface area contributed by atoms with Crippen molar-refractivity contribution >= 4 is 24.5 Å². The third-order valence-corrected chi connectivity index (χ3v) is 6.22. The lowest BCUT2D eigenvalue weighted by molar-refractivity contribution is 0.00578. The molecule has 0 aliphatic carbocycles. The predicted molar refractivity (Wildman–Crippen MR) is 114 cm³/mol. The molecule has 8 nitrogen and oxygen atoms in total. The molecule has 0 radical (unpaired) electrons. The summed E-state index contributed by atoms with van der Waals surface area (Å²) >= 11 is 0. The SMILES string of the molecule is CC(C)(C)OC(=O)N1CCN2c3ncc(B4OC(C)(C)C(C)(C)O4)cc3OCC2C1. The van der Waals surface area contributed by atoms with E-state index in [1.807, 2.05) is 54.5 Å². The monoisotopic (exact) mass is 417 g/mol. The Balaban J connectivity index is 1.47. The number of hydrogen-bond acceptors (Lipinski definition) is 7. The topological polar surface area (TPSA) is 73.4 Å². The number of carbonyl (C=O) groups is 1. The summed E-state index contributed by atoms with van der Waals surface area (Å²) in [7, 11) is -0.474. The first-order valence-corrected chi connectivity index (χ1v) is 10.6. The fourth-order valence-electron chi connectivity index (χ4n) is 3.84. The molecule has 0 N–H and O–H groups in total. The van der Waals surface area contributed by atoms with Crippen LogP contribution in [0.2, 0.25) is 0 Å². The molecule has 0 aromatic carbocycles. The number of fused-ring (bicyclic) bond motifs is 3. The van der Waals surface area contributed by atoms with E-state index in [-0.39, 0.29) is 12.1 Å². The minimum Gasteiger partial charge on any atom is -0.488 e. The zero-order chi connectivity index (χ0) is 21.9. The molecule has 0 spiro atoms. The van der Waals surface area contributed by atoms with Crippen molar-refractivity contribution in [2.24, 2.45) is 0 Å². The van der Waals surface area contributed by atoms with Crippen molar-refractivity contribution < 1.29 is 23.6 Å². The van der Waals surface area contributed by atoms with Crippen LogP contribution in [-0.4, -0.2) is 72.2 Å². The summed E-state index contributed by atoms with van der Waals surface area (Å²) in [5.74, 6) is 1.53. The van der Waals surface area contributed by atoms with Gasteiger partial charge >= 0.3 is 13.2 Å². The van der Waals surface area contributed by atoms with Crippen molar-refractivity contribution in [2.75, 3.05) is 31.1 Å². The van der Waals surface area contributed by atoms with Crippen LogP contribution >= 0.6 is 0 Å². The Kier molecular flexibility index (Phi) is 4.97. The molecule has 1 aromatic rings. The van der Waals surface area contributed by atoms with Crippen molar-refractivity contribution in [1.82, 2.24) is 9.88 Å². The van der Waals surface area contributed by atoms with Crippen LogP contribution in [0.5, 0.6) is 5.75 Å². The average Bonchev–Trinajstić information content (AvgIpc) is 2.86. The molecule has 4 heterocycles. The number of hydrogen-bond donors (Lipinski definition) is 0. The Hall–Kier alpha value is -2.00.